The predicted molar refractivity (Wildman–Crippen MR) is 111 cm³/mol. The number of carbonyl (C=O) groups excluding carboxylic acids is 2. The Bertz CT molecular complexity index is 1060. The van der Waals surface area contributed by atoms with Crippen molar-refractivity contribution < 1.29 is 23.5 Å². The van der Waals surface area contributed by atoms with Gasteiger partial charge in [-0.3, -0.25) is 9.59 Å². The molecule has 3 aromatic rings. The van der Waals surface area contributed by atoms with Crippen LogP contribution in [-0.4, -0.2) is 24.9 Å². The largest absolute Gasteiger partial charge is 0.486 e. The Morgan fingerprint density at radius 1 is 0.900 bits per heavy atom. The number of aryl methyl sites for hydroxylation is 1. The van der Waals surface area contributed by atoms with Gasteiger partial charge in [-0.15, -0.1) is 0 Å². The van der Waals surface area contributed by atoms with Gasteiger partial charge in [0.25, 0.3) is 0 Å². The van der Waals surface area contributed by atoms with Crippen LogP contribution < -0.4 is 14.8 Å². The number of amides is 1. The van der Waals surface area contributed by atoms with Crippen LogP contribution in [-0.2, 0) is 11.2 Å². The summed E-state index contributed by atoms with van der Waals surface area (Å²) in [6.45, 7) is 0.764. The summed E-state index contributed by atoms with van der Waals surface area (Å²) in [6.07, 6.45) is 0.848. The van der Waals surface area contributed by atoms with Crippen molar-refractivity contribution in [1.29, 1.82) is 0 Å². The minimum Gasteiger partial charge on any atom is -0.486 e. The van der Waals surface area contributed by atoms with Gasteiger partial charge in [0.1, 0.15) is 19.0 Å². The average molecular weight is 405 g/mol. The van der Waals surface area contributed by atoms with Gasteiger partial charge in [-0.2, -0.15) is 0 Å². The Morgan fingerprint density at radius 2 is 1.57 bits per heavy atom. The maximum absolute atomic E-state index is 13.2. The molecular weight excluding hydrogens is 385 g/mol. The van der Waals surface area contributed by atoms with Crippen LogP contribution in [0.2, 0.25) is 0 Å². The smallest absolute Gasteiger partial charge is 0.224 e. The lowest BCUT2D eigenvalue weighted by atomic mass is 10.00. The molecule has 5 nitrogen and oxygen atoms in total. The number of ketones is 1. The Balaban J connectivity index is 1.59. The van der Waals surface area contributed by atoms with E-state index in [0.717, 1.165) is 5.56 Å². The average Bonchev–Trinajstić information content (AvgIpc) is 2.78. The fourth-order valence-corrected chi connectivity index (χ4v) is 3.25. The molecule has 0 atom stereocenters. The lowest BCUT2D eigenvalue weighted by molar-refractivity contribution is -0.116. The number of hydrogen-bond donors (Lipinski definition) is 1. The van der Waals surface area contributed by atoms with Gasteiger partial charge in [0.15, 0.2) is 17.3 Å². The normalized spacial score (nSPS) is 12.3. The second-order valence-corrected chi connectivity index (χ2v) is 6.91. The molecule has 0 spiro atoms. The summed E-state index contributed by atoms with van der Waals surface area (Å²) >= 11 is 0. The lowest BCUT2D eigenvalue weighted by Crippen LogP contribution is -2.19. The van der Waals surface area contributed by atoms with Crippen LogP contribution in [0.5, 0.6) is 11.5 Å². The number of ether oxygens (including phenoxy) is 2. The molecule has 1 amide bonds. The van der Waals surface area contributed by atoms with Crippen molar-refractivity contribution in [3.8, 4) is 11.5 Å². The van der Waals surface area contributed by atoms with Crippen LogP contribution in [0.1, 0.15) is 27.9 Å². The van der Waals surface area contributed by atoms with Gasteiger partial charge < -0.3 is 14.8 Å². The Labute approximate surface area is 173 Å². The Kier molecular flexibility index (Phi) is 5.75. The van der Waals surface area contributed by atoms with Crippen molar-refractivity contribution in [2.24, 2.45) is 0 Å². The molecule has 0 saturated heterocycles. The SMILES string of the molecule is O=C(CCc1ccccc1)Nc1cc2c(cc1C(=O)c1ccc(F)cc1)OCCO2. The second-order valence-electron chi connectivity index (χ2n) is 6.91. The summed E-state index contributed by atoms with van der Waals surface area (Å²) in [5.74, 6) is -0.0820. The standard InChI is InChI=1S/C24H20FNO4/c25-18-9-7-17(8-10-18)24(28)19-14-21-22(30-13-12-29-21)15-20(19)26-23(27)11-6-16-4-2-1-3-5-16/h1-5,7-10,14-15H,6,11-13H2,(H,26,27). The van der Waals surface area contributed by atoms with E-state index in [1.54, 1.807) is 12.1 Å². The van der Waals surface area contributed by atoms with Crippen molar-refractivity contribution in [3.63, 3.8) is 0 Å². The molecule has 0 saturated carbocycles. The number of benzene rings is 3. The third-order valence-corrected chi connectivity index (χ3v) is 4.79. The molecule has 0 unspecified atom stereocenters. The molecule has 1 aliphatic rings. The van der Waals surface area contributed by atoms with Crippen molar-refractivity contribution in [3.05, 3.63) is 89.2 Å². The zero-order valence-corrected chi connectivity index (χ0v) is 16.2. The highest BCUT2D eigenvalue weighted by molar-refractivity contribution is 6.14. The first kappa shape index (κ1) is 19.6. The number of rotatable bonds is 6. The molecule has 1 N–H and O–H groups in total. The molecule has 0 aliphatic carbocycles. The number of nitrogens with one attached hydrogen (secondary N) is 1. The molecule has 0 bridgehead atoms. The highest BCUT2D eigenvalue weighted by Crippen LogP contribution is 2.36. The van der Waals surface area contributed by atoms with E-state index in [9.17, 15) is 14.0 Å². The summed E-state index contributed by atoms with van der Waals surface area (Å²) in [5, 5.41) is 2.82. The van der Waals surface area contributed by atoms with E-state index in [2.05, 4.69) is 5.32 Å². The molecule has 0 radical (unpaired) electrons. The third kappa shape index (κ3) is 4.49. The first-order chi connectivity index (χ1) is 14.6. The Morgan fingerprint density at radius 3 is 2.27 bits per heavy atom. The minimum atomic E-state index is -0.428. The highest BCUT2D eigenvalue weighted by Gasteiger charge is 2.22. The van der Waals surface area contributed by atoms with Gasteiger partial charge >= 0.3 is 0 Å². The topological polar surface area (TPSA) is 64.6 Å². The highest BCUT2D eigenvalue weighted by atomic mass is 19.1. The van der Waals surface area contributed by atoms with E-state index in [1.807, 2.05) is 30.3 Å². The van der Waals surface area contributed by atoms with E-state index >= 15 is 0 Å². The van der Waals surface area contributed by atoms with Crippen molar-refractivity contribution in [2.45, 2.75) is 12.8 Å². The fourth-order valence-electron chi connectivity index (χ4n) is 3.25. The molecule has 152 valence electrons. The van der Waals surface area contributed by atoms with Crippen LogP contribution in [0.3, 0.4) is 0 Å². The van der Waals surface area contributed by atoms with Gasteiger partial charge in [0, 0.05) is 18.1 Å². The minimum absolute atomic E-state index is 0.219. The maximum atomic E-state index is 13.2. The third-order valence-electron chi connectivity index (χ3n) is 4.79. The fraction of sp³-hybridized carbons (Fsp3) is 0.167. The van der Waals surface area contributed by atoms with Gasteiger partial charge in [0.2, 0.25) is 5.91 Å². The zero-order chi connectivity index (χ0) is 20.9. The predicted octanol–water partition coefficient (Wildman–Crippen LogP) is 4.40. The molecule has 0 aromatic heterocycles. The van der Waals surface area contributed by atoms with Gasteiger partial charge in [0.05, 0.1) is 11.3 Å². The van der Waals surface area contributed by atoms with Crippen molar-refractivity contribution in [2.75, 3.05) is 18.5 Å². The molecule has 6 heteroatoms. The van der Waals surface area contributed by atoms with Crippen molar-refractivity contribution in [1.82, 2.24) is 0 Å². The number of halogens is 1. The Hall–Kier alpha value is -3.67. The second kappa shape index (κ2) is 8.78. The number of carbonyl (C=O) groups is 2. The van der Waals surface area contributed by atoms with Crippen LogP contribution in [0.4, 0.5) is 10.1 Å². The molecule has 1 heterocycles. The number of fused-ring (bicyclic) bond motifs is 1. The van der Waals surface area contributed by atoms with Gasteiger partial charge in [-0.25, -0.2) is 4.39 Å². The summed E-state index contributed by atoms with van der Waals surface area (Å²) < 4.78 is 24.4. The number of hydrogen-bond acceptors (Lipinski definition) is 4. The van der Waals surface area contributed by atoms with Gasteiger partial charge in [-0.1, -0.05) is 30.3 Å². The first-order valence-electron chi connectivity index (χ1n) is 9.68. The monoisotopic (exact) mass is 405 g/mol. The molecule has 0 fully saturated rings. The van der Waals surface area contributed by atoms with Crippen LogP contribution in [0, 0.1) is 5.82 Å². The molecule has 30 heavy (non-hydrogen) atoms. The lowest BCUT2D eigenvalue weighted by Gasteiger charge is -2.21. The van der Waals surface area contributed by atoms with E-state index in [0.29, 0.717) is 42.4 Å². The summed E-state index contributed by atoms with van der Waals surface area (Å²) in [4.78, 5) is 25.6. The molecule has 3 aromatic carbocycles. The zero-order valence-electron chi connectivity index (χ0n) is 16.2. The number of anilines is 1. The summed E-state index contributed by atoms with van der Waals surface area (Å²) in [6, 6.07) is 18.1. The maximum Gasteiger partial charge on any atom is 0.224 e. The van der Waals surface area contributed by atoms with Gasteiger partial charge in [-0.05, 0) is 42.3 Å². The molecule has 1 aliphatic heterocycles. The molecule has 4 rings (SSSR count). The van der Waals surface area contributed by atoms with Crippen molar-refractivity contribution >= 4 is 17.4 Å². The van der Waals surface area contributed by atoms with Crippen LogP contribution >= 0.6 is 0 Å². The van der Waals surface area contributed by atoms with E-state index in [-0.39, 0.29) is 23.7 Å². The first-order valence-corrected chi connectivity index (χ1v) is 9.68. The summed E-state index contributed by atoms with van der Waals surface area (Å²) in [7, 11) is 0. The molecular formula is C24H20FNO4. The van der Waals surface area contributed by atoms with E-state index in [1.165, 1.54) is 24.3 Å². The van der Waals surface area contributed by atoms with E-state index < -0.39 is 5.82 Å². The van der Waals surface area contributed by atoms with Crippen LogP contribution in [0.25, 0.3) is 0 Å². The quantitative estimate of drug-likeness (QED) is 0.618. The summed E-state index contributed by atoms with van der Waals surface area (Å²) in [5.41, 5.74) is 1.97. The van der Waals surface area contributed by atoms with Crippen LogP contribution in [0.15, 0.2) is 66.7 Å². The van der Waals surface area contributed by atoms with E-state index in [4.69, 9.17) is 9.47 Å².